The second kappa shape index (κ2) is 5.12. The quantitative estimate of drug-likeness (QED) is 0.489. The zero-order chi connectivity index (χ0) is 7.40. The van der Waals surface area contributed by atoms with E-state index in [1.54, 1.807) is 14.2 Å². The average Bonchev–Trinajstić information content (AvgIpc) is 2.05. The molecule has 0 heterocycles. The first-order valence-electron chi connectivity index (χ1n) is 3.05. The molecule has 2 nitrogen and oxygen atoms in total. The van der Waals surface area contributed by atoms with Crippen molar-refractivity contribution in [1.82, 2.24) is 0 Å². The predicted molar refractivity (Wildman–Crippen MR) is 40.7 cm³/mol. The summed E-state index contributed by atoms with van der Waals surface area (Å²) < 4.78 is 9.92. The summed E-state index contributed by atoms with van der Waals surface area (Å²) in [6, 6.07) is 7.44. The summed E-state index contributed by atoms with van der Waals surface area (Å²) in [5.74, 6) is 1.70. The van der Waals surface area contributed by atoms with Crippen LogP contribution in [0.1, 0.15) is 1.43 Å². The number of hydrogen-bond acceptors (Lipinski definition) is 2. The molecule has 0 radical (unpaired) electrons. The van der Waals surface area contributed by atoms with Gasteiger partial charge in [0.2, 0.25) is 0 Å². The monoisotopic (exact) mass is 146 g/mol. The second-order valence-corrected chi connectivity index (χ2v) is 1.88. The number of ether oxygens (including phenoxy) is 2. The molecule has 56 valence electrons. The fourth-order valence-electron chi connectivity index (χ4n) is 0.712. The van der Waals surface area contributed by atoms with E-state index in [2.05, 4.69) is 0 Å². The maximum absolute atomic E-state index is 4.96. The van der Waals surface area contributed by atoms with Gasteiger partial charge in [0, 0.05) is 0 Å². The van der Waals surface area contributed by atoms with Gasteiger partial charge in [-0.05, 0) is 24.3 Å². The Hall–Kier alpha value is -0.583. The van der Waals surface area contributed by atoms with Gasteiger partial charge in [-0.3, -0.25) is 0 Å². The molecule has 0 amide bonds. The molecule has 0 unspecified atom stereocenters. The van der Waals surface area contributed by atoms with Crippen molar-refractivity contribution < 1.29 is 29.8 Å². The Morgan fingerprint density at radius 1 is 0.909 bits per heavy atom. The molecule has 0 aliphatic carbocycles. The van der Waals surface area contributed by atoms with Gasteiger partial charge in [0.25, 0.3) is 0 Å². The van der Waals surface area contributed by atoms with E-state index in [1.807, 2.05) is 24.3 Å². The average molecular weight is 146 g/mol. The van der Waals surface area contributed by atoms with E-state index in [9.17, 15) is 0 Å². The van der Waals surface area contributed by atoms with Crippen molar-refractivity contribution in [2.24, 2.45) is 0 Å². The van der Waals surface area contributed by atoms with E-state index in [1.165, 1.54) is 0 Å². The van der Waals surface area contributed by atoms with Gasteiger partial charge in [-0.15, -0.1) is 0 Å². The fraction of sp³-hybridized carbons (Fsp3) is 0.250. The van der Waals surface area contributed by atoms with Crippen molar-refractivity contribution in [3.05, 3.63) is 24.3 Å². The smallest absolute Gasteiger partial charge is 1.00 e. The van der Waals surface area contributed by atoms with Crippen LogP contribution in [-0.2, 0) is 0 Å². The third-order valence-corrected chi connectivity index (χ3v) is 1.30. The molecule has 11 heavy (non-hydrogen) atoms. The predicted octanol–water partition coefficient (Wildman–Crippen LogP) is -1.18. The summed E-state index contributed by atoms with van der Waals surface area (Å²) in [5, 5.41) is 0. The minimum atomic E-state index is 0. The van der Waals surface area contributed by atoms with Crippen LogP contribution in [0, 0.1) is 0 Å². The largest absolute Gasteiger partial charge is 1.00 e. The van der Waals surface area contributed by atoms with E-state index in [0.29, 0.717) is 0 Å². The molecule has 0 fully saturated rings. The molecule has 1 aromatic carbocycles. The first-order chi connectivity index (χ1) is 4.86. The molecule has 0 atom stereocenters. The van der Waals surface area contributed by atoms with E-state index in [4.69, 9.17) is 9.47 Å². The van der Waals surface area contributed by atoms with Crippen molar-refractivity contribution >= 4 is 0 Å². The maximum Gasteiger partial charge on any atom is 1.00 e. The summed E-state index contributed by atoms with van der Waals surface area (Å²) in [6.07, 6.45) is 0. The summed E-state index contributed by atoms with van der Waals surface area (Å²) in [7, 11) is 3.28. The van der Waals surface area contributed by atoms with Crippen molar-refractivity contribution in [3.63, 3.8) is 0 Å². The van der Waals surface area contributed by atoms with Crippen LogP contribution in [0.5, 0.6) is 11.5 Å². The van der Waals surface area contributed by atoms with Gasteiger partial charge in [0.15, 0.2) is 0 Å². The topological polar surface area (TPSA) is 18.5 Å². The van der Waals surface area contributed by atoms with Crippen molar-refractivity contribution in [3.8, 4) is 11.5 Å². The van der Waals surface area contributed by atoms with Crippen LogP contribution in [0.25, 0.3) is 0 Å². The van der Waals surface area contributed by atoms with Gasteiger partial charge in [-0.1, -0.05) is 0 Å². The third-order valence-electron chi connectivity index (χ3n) is 1.30. The molecular weight excluding hydrogens is 135 g/mol. The van der Waals surface area contributed by atoms with Crippen LogP contribution in [0.2, 0.25) is 0 Å². The third kappa shape index (κ3) is 2.88. The van der Waals surface area contributed by atoms with Crippen LogP contribution in [0.4, 0.5) is 0 Å². The minimum Gasteiger partial charge on any atom is -1.00 e. The van der Waals surface area contributed by atoms with Crippen LogP contribution >= 0.6 is 0 Å². The van der Waals surface area contributed by atoms with Gasteiger partial charge in [-0.2, -0.15) is 0 Å². The van der Waals surface area contributed by atoms with Gasteiger partial charge in [0.05, 0.1) is 14.2 Å². The van der Waals surface area contributed by atoms with Crippen molar-refractivity contribution in [2.45, 2.75) is 0 Å². The number of rotatable bonds is 2. The maximum atomic E-state index is 4.96. The molecule has 0 saturated carbocycles. The number of benzene rings is 1. The van der Waals surface area contributed by atoms with E-state index < -0.39 is 0 Å². The first-order valence-corrected chi connectivity index (χ1v) is 3.05. The van der Waals surface area contributed by atoms with Gasteiger partial charge in [0.1, 0.15) is 11.5 Å². The molecule has 0 aliphatic heterocycles. The summed E-state index contributed by atoms with van der Waals surface area (Å²) >= 11 is 0. The second-order valence-electron chi connectivity index (χ2n) is 1.88. The minimum absolute atomic E-state index is 0. The molecule has 0 aromatic heterocycles. The molecule has 1 aromatic rings. The SMILES string of the molecule is COc1ccc(OC)cc1.[H-].[Li+]. The Kier molecular flexibility index (Phi) is 4.85. The van der Waals surface area contributed by atoms with Crippen LogP contribution in [0.3, 0.4) is 0 Å². The normalized spacial score (nSPS) is 8.18. The van der Waals surface area contributed by atoms with Crippen LogP contribution in [-0.4, -0.2) is 14.2 Å². The summed E-state index contributed by atoms with van der Waals surface area (Å²) in [4.78, 5) is 0. The zero-order valence-electron chi connectivity index (χ0n) is 8.13. The molecule has 0 aliphatic rings. The fourth-order valence-corrected chi connectivity index (χ4v) is 0.712. The number of methoxy groups -OCH3 is 2. The summed E-state index contributed by atoms with van der Waals surface area (Å²) in [6.45, 7) is 0. The first kappa shape index (κ1) is 10.4. The standard InChI is InChI=1S/C8H10O2.Li.H/c1-9-7-3-5-8(10-2)6-4-7;;/h3-6H,1-2H3;;/q;+1;-1. The Morgan fingerprint density at radius 2 is 1.18 bits per heavy atom. The van der Waals surface area contributed by atoms with E-state index in [0.717, 1.165) is 11.5 Å². The molecule has 0 saturated heterocycles. The van der Waals surface area contributed by atoms with Crippen molar-refractivity contribution in [1.29, 1.82) is 0 Å². The van der Waals surface area contributed by atoms with Gasteiger partial charge in [-0.25, -0.2) is 0 Å². The molecule has 0 bridgehead atoms. The Balaban J connectivity index is 0. The van der Waals surface area contributed by atoms with Crippen molar-refractivity contribution in [2.75, 3.05) is 14.2 Å². The van der Waals surface area contributed by atoms with E-state index >= 15 is 0 Å². The molecule has 0 spiro atoms. The van der Waals surface area contributed by atoms with Crippen LogP contribution in [0.15, 0.2) is 24.3 Å². The Bertz CT molecular complexity index is 178. The Labute approximate surface area is 80.2 Å². The van der Waals surface area contributed by atoms with Crippen LogP contribution < -0.4 is 28.3 Å². The molecular formula is C8H11LiO2. The Morgan fingerprint density at radius 3 is 1.36 bits per heavy atom. The summed E-state index contributed by atoms with van der Waals surface area (Å²) in [5.41, 5.74) is 0. The molecule has 1 rings (SSSR count). The van der Waals surface area contributed by atoms with Gasteiger partial charge >= 0.3 is 18.9 Å². The molecule has 3 heteroatoms. The molecule has 0 N–H and O–H groups in total. The zero-order valence-corrected chi connectivity index (χ0v) is 7.13. The number of hydrogen-bond donors (Lipinski definition) is 0. The van der Waals surface area contributed by atoms with Gasteiger partial charge < -0.3 is 10.9 Å². The van der Waals surface area contributed by atoms with E-state index in [-0.39, 0.29) is 20.3 Å².